The zero-order valence-electron chi connectivity index (χ0n) is 14.9. The second-order valence-electron chi connectivity index (χ2n) is 6.55. The molecule has 2 rings (SSSR count). The quantitative estimate of drug-likeness (QED) is 0.573. The van der Waals surface area contributed by atoms with Crippen LogP contribution in [0.3, 0.4) is 0 Å². The van der Waals surface area contributed by atoms with Crippen LogP contribution in [-0.2, 0) is 16.1 Å². The molecule has 1 heterocycles. The van der Waals surface area contributed by atoms with Gasteiger partial charge < -0.3 is 9.84 Å². The Morgan fingerprint density at radius 2 is 1.92 bits per heavy atom. The van der Waals surface area contributed by atoms with E-state index in [1.165, 1.54) is 9.13 Å². The SMILES string of the molecule is CCOC(=O)CCCCCn1c(O)cc(=O)n(C2CCCCC2)c1=O. The molecule has 1 aliphatic rings. The van der Waals surface area contributed by atoms with Crippen LogP contribution in [0, 0.1) is 0 Å². The Kier molecular flexibility index (Phi) is 7.28. The molecule has 0 spiro atoms. The fourth-order valence-electron chi connectivity index (χ4n) is 3.41. The van der Waals surface area contributed by atoms with Crippen molar-refractivity contribution in [1.82, 2.24) is 9.13 Å². The van der Waals surface area contributed by atoms with Crippen molar-refractivity contribution < 1.29 is 14.6 Å². The van der Waals surface area contributed by atoms with Crippen molar-refractivity contribution in [1.29, 1.82) is 0 Å². The van der Waals surface area contributed by atoms with Gasteiger partial charge in [-0.1, -0.05) is 25.7 Å². The molecule has 0 bridgehead atoms. The van der Waals surface area contributed by atoms with Gasteiger partial charge in [0.25, 0.3) is 5.56 Å². The number of hydrogen-bond acceptors (Lipinski definition) is 5. The summed E-state index contributed by atoms with van der Waals surface area (Å²) in [6.07, 6.45) is 7.27. The Balaban J connectivity index is 1.99. The maximum Gasteiger partial charge on any atom is 0.334 e. The topological polar surface area (TPSA) is 90.5 Å². The average Bonchev–Trinajstić information content (AvgIpc) is 2.58. The summed E-state index contributed by atoms with van der Waals surface area (Å²) < 4.78 is 7.44. The molecular formula is C18H28N2O5. The number of hydrogen-bond donors (Lipinski definition) is 1. The number of rotatable bonds is 8. The Labute approximate surface area is 147 Å². The standard InChI is InChI=1S/C18H28N2O5/c1-2-25-17(23)11-7-4-8-12-19-15(21)13-16(22)20(18(19)24)14-9-5-3-6-10-14/h13-14,21H,2-12H2,1H3. The van der Waals surface area contributed by atoms with E-state index in [4.69, 9.17) is 4.74 Å². The number of carbonyl (C=O) groups excluding carboxylic acids is 1. The Hall–Kier alpha value is -2.05. The van der Waals surface area contributed by atoms with Crippen LogP contribution in [0.2, 0.25) is 0 Å². The number of unbranched alkanes of at least 4 members (excludes halogenated alkanes) is 2. The van der Waals surface area contributed by atoms with Crippen LogP contribution in [0.15, 0.2) is 15.7 Å². The molecular weight excluding hydrogens is 324 g/mol. The van der Waals surface area contributed by atoms with Gasteiger partial charge in [-0.15, -0.1) is 0 Å². The molecule has 1 aromatic rings. The van der Waals surface area contributed by atoms with Crippen LogP contribution < -0.4 is 11.2 Å². The lowest BCUT2D eigenvalue weighted by atomic mass is 9.95. The van der Waals surface area contributed by atoms with Crippen LogP contribution >= 0.6 is 0 Å². The fourth-order valence-corrected chi connectivity index (χ4v) is 3.41. The Morgan fingerprint density at radius 1 is 1.20 bits per heavy atom. The molecule has 1 saturated carbocycles. The van der Waals surface area contributed by atoms with E-state index in [9.17, 15) is 19.5 Å². The highest BCUT2D eigenvalue weighted by atomic mass is 16.5. The van der Waals surface area contributed by atoms with Gasteiger partial charge in [0.15, 0.2) is 0 Å². The van der Waals surface area contributed by atoms with E-state index in [2.05, 4.69) is 0 Å². The Morgan fingerprint density at radius 3 is 2.60 bits per heavy atom. The van der Waals surface area contributed by atoms with Crippen LogP contribution in [0.25, 0.3) is 0 Å². The predicted molar refractivity (Wildman–Crippen MR) is 93.8 cm³/mol. The highest BCUT2D eigenvalue weighted by Gasteiger charge is 2.21. The number of esters is 1. The van der Waals surface area contributed by atoms with Crippen LogP contribution in [0.1, 0.15) is 70.8 Å². The van der Waals surface area contributed by atoms with Crippen molar-refractivity contribution in [2.45, 2.75) is 77.3 Å². The van der Waals surface area contributed by atoms with Crippen molar-refractivity contribution in [3.63, 3.8) is 0 Å². The van der Waals surface area contributed by atoms with Crippen molar-refractivity contribution in [2.75, 3.05) is 6.61 Å². The molecule has 0 unspecified atom stereocenters. The lowest BCUT2D eigenvalue weighted by molar-refractivity contribution is -0.143. The molecule has 0 saturated heterocycles. The average molecular weight is 352 g/mol. The predicted octanol–water partition coefficient (Wildman–Crippen LogP) is 2.34. The third-order valence-electron chi connectivity index (χ3n) is 4.71. The van der Waals surface area contributed by atoms with Crippen LogP contribution in [0.4, 0.5) is 0 Å². The van der Waals surface area contributed by atoms with E-state index in [1.807, 2.05) is 0 Å². The zero-order valence-corrected chi connectivity index (χ0v) is 14.9. The molecule has 0 amide bonds. The van der Waals surface area contributed by atoms with E-state index in [-0.39, 0.29) is 17.9 Å². The van der Waals surface area contributed by atoms with E-state index in [0.29, 0.717) is 32.4 Å². The third-order valence-corrected chi connectivity index (χ3v) is 4.71. The maximum absolute atomic E-state index is 12.7. The van der Waals surface area contributed by atoms with Crippen LogP contribution in [-0.4, -0.2) is 26.8 Å². The maximum atomic E-state index is 12.7. The summed E-state index contributed by atoms with van der Waals surface area (Å²) in [7, 11) is 0. The minimum Gasteiger partial charge on any atom is -0.494 e. The van der Waals surface area contributed by atoms with Gasteiger partial charge in [0.1, 0.15) is 0 Å². The second kappa shape index (κ2) is 9.44. The van der Waals surface area contributed by atoms with E-state index < -0.39 is 11.2 Å². The minimum absolute atomic E-state index is 0.0654. The van der Waals surface area contributed by atoms with Gasteiger partial charge in [-0.2, -0.15) is 0 Å². The van der Waals surface area contributed by atoms with Gasteiger partial charge in [0, 0.05) is 19.0 Å². The molecule has 7 nitrogen and oxygen atoms in total. The monoisotopic (exact) mass is 352 g/mol. The molecule has 25 heavy (non-hydrogen) atoms. The van der Waals surface area contributed by atoms with E-state index in [0.717, 1.165) is 44.6 Å². The van der Waals surface area contributed by atoms with Gasteiger partial charge in [-0.25, -0.2) is 4.79 Å². The van der Waals surface area contributed by atoms with Crippen LogP contribution in [0.5, 0.6) is 5.88 Å². The van der Waals surface area contributed by atoms with E-state index in [1.54, 1.807) is 6.92 Å². The highest BCUT2D eigenvalue weighted by Crippen LogP contribution is 2.26. The first kappa shape index (κ1) is 19.3. The van der Waals surface area contributed by atoms with E-state index >= 15 is 0 Å². The van der Waals surface area contributed by atoms with Gasteiger partial charge in [-0.05, 0) is 32.6 Å². The van der Waals surface area contributed by atoms with Gasteiger partial charge in [0.2, 0.25) is 5.88 Å². The number of aromatic nitrogens is 2. The van der Waals surface area contributed by atoms with Crippen molar-refractivity contribution in [3.8, 4) is 5.88 Å². The number of ether oxygens (including phenoxy) is 1. The van der Waals surface area contributed by atoms with Gasteiger partial charge >= 0.3 is 11.7 Å². The lowest BCUT2D eigenvalue weighted by Crippen LogP contribution is -2.42. The molecule has 7 heteroatoms. The molecule has 1 aromatic heterocycles. The number of aromatic hydroxyl groups is 1. The molecule has 1 aliphatic carbocycles. The zero-order chi connectivity index (χ0) is 18.2. The summed E-state index contributed by atoms with van der Waals surface area (Å²) in [5, 5.41) is 9.99. The first-order valence-electron chi connectivity index (χ1n) is 9.25. The molecule has 1 fully saturated rings. The first-order valence-corrected chi connectivity index (χ1v) is 9.25. The summed E-state index contributed by atoms with van der Waals surface area (Å²) >= 11 is 0. The smallest absolute Gasteiger partial charge is 0.334 e. The molecule has 140 valence electrons. The lowest BCUT2D eigenvalue weighted by Gasteiger charge is -2.24. The summed E-state index contributed by atoms with van der Waals surface area (Å²) in [6.45, 7) is 2.49. The summed E-state index contributed by atoms with van der Waals surface area (Å²) in [4.78, 5) is 36.1. The van der Waals surface area contributed by atoms with Crippen molar-refractivity contribution >= 4 is 5.97 Å². The first-order chi connectivity index (χ1) is 12.0. The second-order valence-corrected chi connectivity index (χ2v) is 6.55. The summed E-state index contributed by atoms with van der Waals surface area (Å²) in [6, 6.07) is 1.07. The number of carbonyl (C=O) groups is 1. The van der Waals surface area contributed by atoms with Gasteiger partial charge in [-0.3, -0.25) is 18.7 Å². The van der Waals surface area contributed by atoms with Crippen molar-refractivity contribution in [2.24, 2.45) is 0 Å². The normalized spacial score (nSPS) is 15.2. The van der Waals surface area contributed by atoms with Crippen molar-refractivity contribution in [3.05, 3.63) is 26.9 Å². The highest BCUT2D eigenvalue weighted by molar-refractivity contribution is 5.69. The third kappa shape index (κ3) is 5.21. The molecule has 1 N–H and O–H groups in total. The summed E-state index contributed by atoms with van der Waals surface area (Å²) in [5.41, 5.74) is -0.852. The summed E-state index contributed by atoms with van der Waals surface area (Å²) in [5.74, 6) is -0.499. The molecule has 0 atom stereocenters. The number of nitrogens with zero attached hydrogens (tertiary/aromatic N) is 2. The largest absolute Gasteiger partial charge is 0.494 e. The Bertz CT molecular complexity index is 686. The molecule has 0 radical (unpaired) electrons. The minimum atomic E-state index is -0.428. The molecule has 0 aliphatic heterocycles. The van der Waals surface area contributed by atoms with Gasteiger partial charge in [0.05, 0.1) is 12.7 Å². The fraction of sp³-hybridized carbons (Fsp3) is 0.722. The molecule has 0 aromatic carbocycles.